The minimum absolute atomic E-state index is 0.0644. The number of hydrogen-bond donors (Lipinski definition) is 0. The molecule has 6 heteroatoms. The number of benzene rings is 2. The molecule has 0 radical (unpaired) electrons. The largest absolute Gasteiger partial charge is 0.493 e. The molecule has 24 heavy (non-hydrogen) atoms. The van der Waals surface area contributed by atoms with Gasteiger partial charge in [-0.1, -0.05) is 40.5 Å². The normalized spacial score (nSPS) is 16.5. The second-order valence-corrected chi connectivity index (χ2v) is 6.27. The first-order chi connectivity index (χ1) is 11.6. The van der Waals surface area contributed by atoms with Crippen molar-refractivity contribution in [3.05, 3.63) is 57.6 Å². The molecule has 0 fully saturated rings. The van der Waals surface area contributed by atoms with Gasteiger partial charge in [-0.15, -0.1) is 0 Å². The zero-order chi connectivity index (χ0) is 17.1. The van der Waals surface area contributed by atoms with E-state index in [2.05, 4.69) is 5.16 Å². The van der Waals surface area contributed by atoms with Crippen LogP contribution in [-0.2, 0) is 11.3 Å². The van der Waals surface area contributed by atoms with E-state index >= 15 is 0 Å². The summed E-state index contributed by atoms with van der Waals surface area (Å²) in [5.74, 6) is 1.40. The zero-order valence-corrected chi connectivity index (χ0v) is 14.9. The van der Waals surface area contributed by atoms with Gasteiger partial charge in [0, 0.05) is 18.4 Å². The molecule has 0 saturated carbocycles. The maximum absolute atomic E-state index is 6.24. The fraction of sp³-hybridized carbons (Fsp3) is 0.278. The van der Waals surface area contributed by atoms with Crippen molar-refractivity contribution in [2.45, 2.75) is 18.9 Å². The molecule has 1 aliphatic rings. The average molecular weight is 366 g/mol. The lowest BCUT2D eigenvalue weighted by Gasteiger charge is -2.12. The summed E-state index contributed by atoms with van der Waals surface area (Å²) in [6, 6.07) is 11.2. The number of nitrogens with zero attached hydrogens (tertiary/aromatic N) is 1. The molecule has 3 rings (SSSR count). The Balaban J connectivity index is 1.72. The van der Waals surface area contributed by atoms with Gasteiger partial charge in [-0.2, -0.15) is 0 Å². The van der Waals surface area contributed by atoms with Crippen LogP contribution in [0.25, 0.3) is 0 Å². The Hall–Kier alpha value is -1.91. The first-order valence-electron chi connectivity index (χ1n) is 7.50. The highest BCUT2D eigenvalue weighted by Gasteiger charge is 2.25. The Morgan fingerprint density at radius 3 is 2.46 bits per heavy atom. The van der Waals surface area contributed by atoms with Crippen molar-refractivity contribution in [3.63, 3.8) is 0 Å². The lowest BCUT2D eigenvalue weighted by molar-refractivity contribution is 0.0859. The highest BCUT2D eigenvalue weighted by Crippen LogP contribution is 2.32. The van der Waals surface area contributed by atoms with E-state index in [1.54, 1.807) is 26.4 Å². The fourth-order valence-electron chi connectivity index (χ4n) is 2.73. The lowest BCUT2D eigenvalue weighted by atomic mass is 10.00. The number of methoxy groups -OCH3 is 2. The van der Waals surface area contributed by atoms with Crippen LogP contribution >= 0.6 is 23.2 Å². The molecular formula is C18H17Cl2NO3. The topological polar surface area (TPSA) is 40.0 Å². The molecule has 0 spiro atoms. The molecule has 0 aromatic heterocycles. The van der Waals surface area contributed by atoms with Gasteiger partial charge in [-0.3, -0.25) is 0 Å². The molecule has 0 saturated heterocycles. The monoisotopic (exact) mass is 365 g/mol. The van der Waals surface area contributed by atoms with Gasteiger partial charge in [-0.05, 0) is 29.8 Å². The molecule has 0 aliphatic carbocycles. The maximum Gasteiger partial charge on any atom is 0.160 e. The van der Waals surface area contributed by atoms with Crippen molar-refractivity contribution >= 4 is 28.9 Å². The van der Waals surface area contributed by atoms with E-state index in [1.807, 2.05) is 24.3 Å². The minimum atomic E-state index is -0.0644. The number of hydrogen-bond acceptors (Lipinski definition) is 4. The van der Waals surface area contributed by atoms with E-state index in [1.165, 1.54) is 0 Å². The SMILES string of the molecule is COc1ccc(CC2CC(c3c(Cl)cccc3Cl)=NO2)cc1OC. The van der Waals surface area contributed by atoms with Crippen molar-refractivity contribution in [1.29, 1.82) is 0 Å². The molecule has 1 aliphatic heterocycles. The standard InChI is InChI=1S/C18H17Cl2NO3/c1-22-16-7-6-11(9-17(16)23-2)8-12-10-15(21-24-12)18-13(19)4-3-5-14(18)20/h3-7,9,12H,8,10H2,1-2H3. The number of oxime groups is 1. The van der Waals surface area contributed by atoms with E-state index in [0.717, 1.165) is 16.8 Å². The van der Waals surface area contributed by atoms with Gasteiger partial charge in [0.2, 0.25) is 0 Å². The second kappa shape index (κ2) is 7.32. The van der Waals surface area contributed by atoms with Crippen LogP contribution in [0.15, 0.2) is 41.6 Å². The Kier molecular flexibility index (Phi) is 5.17. The summed E-state index contributed by atoms with van der Waals surface area (Å²) in [4.78, 5) is 5.56. The van der Waals surface area contributed by atoms with Gasteiger partial charge in [0.1, 0.15) is 6.10 Å². The molecule has 2 aromatic rings. The van der Waals surface area contributed by atoms with E-state index in [0.29, 0.717) is 34.4 Å². The maximum atomic E-state index is 6.24. The molecule has 1 unspecified atom stereocenters. The van der Waals surface area contributed by atoms with Gasteiger partial charge in [-0.25, -0.2) is 0 Å². The number of halogens is 2. The smallest absolute Gasteiger partial charge is 0.160 e. The van der Waals surface area contributed by atoms with Crippen LogP contribution in [0.4, 0.5) is 0 Å². The molecular weight excluding hydrogens is 349 g/mol. The second-order valence-electron chi connectivity index (χ2n) is 5.46. The van der Waals surface area contributed by atoms with Crippen LogP contribution in [0, 0.1) is 0 Å². The third-order valence-corrected chi connectivity index (χ3v) is 4.53. The molecule has 0 bridgehead atoms. The summed E-state index contributed by atoms with van der Waals surface area (Å²) in [5.41, 5.74) is 2.60. The van der Waals surface area contributed by atoms with Gasteiger partial charge in [0.25, 0.3) is 0 Å². The molecule has 4 nitrogen and oxygen atoms in total. The minimum Gasteiger partial charge on any atom is -0.493 e. The highest BCUT2D eigenvalue weighted by atomic mass is 35.5. The van der Waals surface area contributed by atoms with Crippen molar-refractivity contribution in [2.75, 3.05) is 14.2 Å². The van der Waals surface area contributed by atoms with Crippen molar-refractivity contribution in [1.82, 2.24) is 0 Å². The molecule has 126 valence electrons. The first-order valence-corrected chi connectivity index (χ1v) is 8.26. The summed E-state index contributed by atoms with van der Waals surface area (Å²) >= 11 is 12.5. The quantitative estimate of drug-likeness (QED) is 0.767. The van der Waals surface area contributed by atoms with E-state index in [9.17, 15) is 0 Å². The predicted molar refractivity (Wildman–Crippen MR) is 95.7 cm³/mol. The van der Waals surface area contributed by atoms with Crippen molar-refractivity contribution < 1.29 is 14.3 Å². The van der Waals surface area contributed by atoms with Crippen molar-refractivity contribution in [3.8, 4) is 11.5 Å². The van der Waals surface area contributed by atoms with Crippen LogP contribution in [-0.4, -0.2) is 26.0 Å². The summed E-state index contributed by atoms with van der Waals surface area (Å²) in [5, 5.41) is 5.33. The van der Waals surface area contributed by atoms with Gasteiger partial charge < -0.3 is 14.3 Å². The Labute approximate surface area is 150 Å². The molecule has 1 heterocycles. The third-order valence-electron chi connectivity index (χ3n) is 3.90. The average Bonchev–Trinajstić information content (AvgIpc) is 3.02. The summed E-state index contributed by atoms with van der Waals surface area (Å²) in [6.45, 7) is 0. The van der Waals surface area contributed by atoms with Gasteiger partial charge in [0.15, 0.2) is 11.5 Å². The van der Waals surface area contributed by atoms with Crippen LogP contribution in [0.2, 0.25) is 10.0 Å². The molecule has 0 amide bonds. The first kappa shape index (κ1) is 16.9. The zero-order valence-electron chi connectivity index (χ0n) is 13.4. The van der Waals surface area contributed by atoms with Gasteiger partial charge >= 0.3 is 0 Å². The third kappa shape index (κ3) is 3.45. The number of rotatable bonds is 5. The van der Waals surface area contributed by atoms with Crippen LogP contribution in [0.1, 0.15) is 17.5 Å². The summed E-state index contributed by atoms with van der Waals surface area (Å²) < 4.78 is 10.6. The molecule has 2 aromatic carbocycles. The molecule has 1 atom stereocenters. The highest BCUT2D eigenvalue weighted by molar-refractivity contribution is 6.40. The molecule has 0 N–H and O–H groups in total. The predicted octanol–water partition coefficient (Wildman–Crippen LogP) is 4.75. The van der Waals surface area contributed by atoms with Crippen LogP contribution < -0.4 is 9.47 Å². The lowest BCUT2D eigenvalue weighted by Crippen LogP contribution is -2.12. The van der Waals surface area contributed by atoms with Gasteiger partial charge in [0.05, 0.1) is 30.0 Å². The number of ether oxygens (including phenoxy) is 2. The summed E-state index contributed by atoms with van der Waals surface area (Å²) in [7, 11) is 3.24. The van der Waals surface area contributed by atoms with E-state index in [-0.39, 0.29) is 6.10 Å². The summed E-state index contributed by atoms with van der Waals surface area (Å²) in [6.07, 6.45) is 1.29. The Morgan fingerprint density at radius 1 is 1.08 bits per heavy atom. The fourth-order valence-corrected chi connectivity index (χ4v) is 3.35. The Bertz CT molecular complexity index is 757. The van der Waals surface area contributed by atoms with E-state index < -0.39 is 0 Å². The van der Waals surface area contributed by atoms with Crippen LogP contribution in [0.5, 0.6) is 11.5 Å². The van der Waals surface area contributed by atoms with Crippen LogP contribution in [0.3, 0.4) is 0 Å². The van der Waals surface area contributed by atoms with E-state index in [4.69, 9.17) is 37.5 Å². The van der Waals surface area contributed by atoms with Crippen molar-refractivity contribution in [2.24, 2.45) is 5.16 Å². The Morgan fingerprint density at radius 2 is 1.79 bits per heavy atom.